The fourth-order valence-corrected chi connectivity index (χ4v) is 1.48. The van der Waals surface area contributed by atoms with Crippen LogP contribution in [0, 0.1) is 24.2 Å². The van der Waals surface area contributed by atoms with Gasteiger partial charge in [0.05, 0.1) is 18.7 Å². The van der Waals surface area contributed by atoms with Crippen molar-refractivity contribution in [2.75, 3.05) is 13.2 Å². The average molecular weight is 245 g/mol. The van der Waals surface area contributed by atoms with Crippen LogP contribution >= 0.6 is 0 Å². The van der Waals surface area contributed by atoms with Gasteiger partial charge in [0.15, 0.2) is 0 Å². The molecule has 2 heteroatoms. The summed E-state index contributed by atoms with van der Waals surface area (Å²) in [5.41, 5.74) is 7.80. The summed E-state index contributed by atoms with van der Waals surface area (Å²) in [6.45, 7) is 9.76. The van der Waals surface area contributed by atoms with Crippen molar-refractivity contribution in [1.29, 1.82) is 0 Å². The normalized spacial score (nSPS) is 10.7. The van der Waals surface area contributed by atoms with Crippen LogP contribution in [0.1, 0.15) is 38.3 Å². The molecule has 0 amide bonds. The zero-order chi connectivity index (χ0) is 13.6. The van der Waals surface area contributed by atoms with Gasteiger partial charge >= 0.3 is 0 Å². The van der Waals surface area contributed by atoms with Crippen LogP contribution in [0.3, 0.4) is 0 Å². The highest BCUT2D eigenvalue weighted by Crippen LogP contribution is 2.22. The van der Waals surface area contributed by atoms with E-state index in [0.717, 1.165) is 17.7 Å². The van der Waals surface area contributed by atoms with E-state index in [9.17, 15) is 0 Å². The third-order valence-electron chi connectivity index (χ3n) is 2.57. The quantitative estimate of drug-likeness (QED) is 0.830. The molecule has 0 spiro atoms. The molecule has 1 aromatic rings. The predicted molar refractivity (Wildman–Crippen MR) is 76.7 cm³/mol. The highest BCUT2D eigenvalue weighted by Gasteiger charge is 2.10. The summed E-state index contributed by atoms with van der Waals surface area (Å²) in [7, 11) is 0. The van der Waals surface area contributed by atoms with Crippen molar-refractivity contribution in [2.45, 2.75) is 34.1 Å². The van der Waals surface area contributed by atoms with Gasteiger partial charge in [0.2, 0.25) is 0 Å². The smallest absolute Gasteiger partial charge is 0.134 e. The molecule has 0 saturated heterocycles. The van der Waals surface area contributed by atoms with E-state index < -0.39 is 0 Å². The Bertz CT molecular complexity index is 446. The number of hydrogen-bond acceptors (Lipinski definition) is 2. The average Bonchev–Trinajstić information content (AvgIpc) is 2.27. The van der Waals surface area contributed by atoms with Crippen molar-refractivity contribution in [3.05, 3.63) is 29.3 Å². The maximum absolute atomic E-state index is 5.82. The van der Waals surface area contributed by atoms with Crippen molar-refractivity contribution in [3.8, 4) is 17.6 Å². The summed E-state index contributed by atoms with van der Waals surface area (Å²) in [6.07, 6.45) is 1.02. The van der Waals surface area contributed by atoms with E-state index in [4.69, 9.17) is 10.5 Å². The summed E-state index contributed by atoms with van der Waals surface area (Å²) in [5, 5.41) is 0. The Balaban J connectivity index is 2.75. The van der Waals surface area contributed by atoms with Gasteiger partial charge in [0.1, 0.15) is 5.75 Å². The zero-order valence-corrected chi connectivity index (χ0v) is 11.8. The Kier molecular flexibility index (Phi) is 5.25. The Hall–Kier alpha value is -1.46. The van der Waals surface area contributed by atoms with Crippen molar-refractivity contribution < 1.29 is 4.74 Å². The molecule has 0 atom stereocenters. The van der Waals surface area contributed by atoms with Crippen LogP contribution in [0.4, 0.5) is 0 Å². The Morgan fingerprint density at radius 3 is 2.61 bits per heavy atom. The minimum Gasteiger partial charge on any atom is -0.492 e. The largest absolute Gasteiger partial charge is 0.492 e. The van der Waals surface area contributed by atoms with Gasteiger partial charge in [-0.25, -0.2) is 0 Å². The SMILES string of the molecule is Cc1ccc(OCCC(C)(C)C)c(C#CCN)c1. The van der Waals surface area contributed by atoms with Crippen molar-refractivity contribution in [3.63, 3.8) is 0 Å². The molecule has 0 heterocycles. The fraction of sp³-hybridized carbons (Fsp3) is 0.500. The molecule has 0 radical (unpaired) electrons. The lowest BCUT2D eigenvalue weighted by Gasteiger charge is -2.18. The fourth-order valence-electron chi connectivity index (χ4n) is 1.48. The van der Waals surface area contributed by atoms with Gasteiger partial charge in [-0.2, -0.15) is 0 Å². The van der Waals surface area contributed by atoms with Crippen LogP contribution in [0.15, 0.2) is 18.2 Å². The van der Waals surface area contributed by atoms with Crippen molar-refractivity contribution in [2.24, 2.45) is 11.1 Å². The lowest BCUT2D eigenvalue weighted by molar-refractivity contribution is 0.242. The first-order chi connectivity index (χ1) is 8.42. The van der Waals surface area contributed by atoms with Crippen LogP contribution in [0.5, 0.6) is 5.75 Å². The van der Waals surface area contributed by atoms with Crippen molar-refractivity contribution in [1.82, 2.24) is 0 Å². The third kappa shape index (κ3) is 5.25. The summed E-state index contributed by atoms with van der Waals surface area (Å²) < 4.78 is 5.82. The zero-order valence-electron chi connectivity index (χ0n) is 11.8. The number of hydrogen-bond donors (Lipinski definition) is 1. The highest BCUT2D eigenvalue weighted by atomic mass is 16.5. The minimum absolute atomic E-state index is 0.286. The number of benzene rings is 1. The Morgan fingerprint density at radius 2 is 2.00 bits per heavy atom. The molecule has 98 valence electrons. The van der Waals surface area contributed by atoms with Gasteiger partial charge in [-0.1, -0.05) is 38.7 Å². The molecular weight excluding hydrogens is 222 g/mol. The lowest BCUT2D eigenvalue weighted by atomic mass is 9.93. The van der Waals surface area contributed by atoms with E-state index in [1.165, 1.54) is 5.56 Å². The molecule has 0 saturated carbocycles. The second-order valence-electron chi connectivity index (χ2n) is 5.66. The molecule has 1 aromatic carbocycles. The van der Waals surface area contributed by atoms with Gasteiger partial charge in [-0.15, -0.1) is 0 Å². The summed E-state index contributed by atoms with van der Waals surface area (Å²) in [6, 6.07) is 6.06. The summed E-state index contributed by atoms with van der Waals surface area (Å²) in [4.78, 5) is 0. The Labute approximate surface area is 111 Å². The third-order valence-corrected chi connectivity index (χ3v) is 2.57. The molecular formula is C16H23NO. The molecule has 0 aromatic heterocycles. The first-order valence-electron chi connectivity index (χ1n) is 6.35. The number of rotatable bonds is 3. The number of nitrogens with two attached hydrogens (primary N) is 1. The van der Waals surface area contributed by atoms with E-state index in [0.29, 0.717) is 13.2 Å². The Morgan fingerprint density at radius 1 is 1.28 bits per heavy atom. The first-order valence-corrected chi connectivity index (χ1v) is 6.35. The molecule has 1 rings (SSSR count). The first kappa shape index (κ1) is 14.6. The van der Waals surface area contributed by atoms with E-state index in [-0.39, 0.29) is 5.41 Å². The molecule has 18 heavy (non-hydrogen) atoms. The van der Waals surface area contributed by atoms with E-state index in [1.54, 1.807) is 0 Å². The molecule has 0 bridgehead atoms. The van der Waals surface area contributed by atoms with Gasteiger partial charge < -0.3 is 10.5 Å². The molecule has 0 fully saturated rings. The molecule has 0 unspecified atom stereocenters. The van der Waals surface area contributed by atoms with Crippen LogP contribution < -0.4 is 10.5 Å². The van der Waals surface area contributed by atoms with E-state index in [1.807, 2.05) is 25.1 Å². The van der Waals surface area contributed by atoms with Crippen LogP contribution in [-0.2, 0) is 0 Å². The topological polar surface area (TPSA) is 35.2 Å². The van der Waals surface area contributed by atoms with Crippen molar-refractivity contribution >= 4 is 0 Å². The maximum Gasteiger partial charge on any atom is 0.134 e. The van der Waals surface area contributed by atoms with Crippen LogP contribution in [-0.4, -0.2) is 13.2 Å². The van der Waals surface area contributed by atoms with E-state index >= 15 is 0 Å². The molecule has 0 aliphatic carbocycles. The highest BCUT2D eigenvalue weighted by molar-refractivity contribution is 5.48. The number of ether oxygens (including phenoxy) is 1. The summed E-state index contributed by atoms with van der Waals surface area (Å²) in [5.74, 6) is 6.79. The second-order valence-corrected chi connectivity index (χ2v) is 5.66. The van der Waals surface area contributed by atoms with Crippen LogP contribution in [0.2, 0.25) is 0 Å². The van der Waals surface area contributed by atoms with Gasteiger partial charge in [0, 0.05) is 0 Å². The standard InChI is InChI=1S/C16H23NO/c1-13-7-8-15(14(12-13)6-5-10-17)18-11-9-16(2,3)4/h7-8,12H,9-11,17H2,1-4H3. The van der Waals surface area contributed by atoms with Gasteiger partial charge in [0.25, 0.3) is 0 Å². The molecule has 2 N–H and O–H groups in total. The van der Waals surface area contributed by atoms with Gasteiger partial charge in [-0.3, -0.25) is 0 Å². The van der Waals surface area contributed by atoms with Crippen LogP contribution in [0.25, 0.3) is 0 Å². The summed E-state index contributed by atoms with van der Waals surface area (Å²) >= 11 is 0. The molecule has 0 aliphatic rings. The monoisotopic (exact) mass is 245 g/mol. The number of aryl methyl sites for hydroxylation is 1. The van der Waals surface area contributed by atoms with Gasteiger partial charge in [-0.05, 0) is 36.5 Å². The lowest BCUT2D eigenvalue weighted by Crippen LogP contribution is -2.11. The van der Waals surface area contributed by atoms with E-state index in [2.05, 4.69) is 32.6 Å². The molecule has 2 nitrogen and oxygen atoms in total. The maximum atomic E-state index is 5.82. The minimum atomic E-state index is 0.286. The second kappa shape index (κ2) is 6.47. The predicted octanol–water partition coefficient (Wildman–Crippen LogP) is 3.12. The molecule has 0 aliphatic heterocycles.